The maximum Gasteiger partial charge on any atom is 0.573 e. The van der Waals surface area contributed by atoms with E-state index in [4.69, 9.17) is 0 Å². The summed E-state index contributed by atoms with van der Waals surface area (Å²) in [5.41, 5.74) is 0.682. The summed E-state index contributed by atoms with van der Waals surface area (Å²) >= 11 is 0. The summed E-state index contributed by atoms with van der Waals surface area (Å²) in [4.78, 5) is 1.98. The molecular formula is C13H17F3N2O3S. The van der Waals surface area contributed by atoms with Crippen LogP contribution in [-0.4, -0.2) is 45.1 Å². The zero-order valence-electron chi connectivity index (χ0n) is 11.9. The molecule has 0 aromatic heterocycles. The monoisotopic (exact) mass is 338 g/mol. The molecular weight excluding hydrogens is 321 g/mol. The van der Waals surface area contributed by atoms with Gasteiger partial charge in [0.1, 0.15) is 5.75 Å². The molecule has 9 heteroatoms. The molecule has 22 heavy (non-hydrogen) atoms. The van der Waals surface area contributed by atoms with E-state index in [0.717, 1.165) is 6.26 Å². The Morgan fingerprint density at radius 3 is 2.77 bits per heavy atom. The highest BCUT2D eigenvalue weighted by atomic mass is 32.2. The molecule has 1 atom stereocenters. The van der Waals surface area contributed by atoms with E-state index in [2.05, 4.69) is 9.46 Å². The van der Waals surface area contributed by atoms with Crippen LogP contribution in [0.5, 0.6) is 5.75 Å². The normalized spacial score (nSPS) is 20.3. The first-order valence-electron chi connectivity index (χ1n) is 6.65. The van der Waals surface area contributed by atoms with Crippen molar-refractivity contribution >= 4 is 10.0 Å². The van der Waals surface area contributed by atoms with Crippen molar-refractivity contribution in [1.82, 2.24) is 9.62 Å². The zero-order valence-corrected chi connectivity index (χ0v) is 12.7. The smallest absolute Gasteiger partial charge is 0.406 e. The molecule has 0 spiro atoms. The van der Waals surface area contributed by atoms with Gasteiger partial charge in [-0.25, -0.2) is 13.1 Å². The van der Waals surface area contributed by atoms with Crippen LogP contribution in [0.2, 0.25) is 0 Å². The standard InChI is InChI=1S/C13H17F3N2O3S/c1-22(19,20)17-11-5-6-18(9-11)8-10-3-2-4-12(7-10)21-13(14,15)16/h2-4,7,11,17H,5-6,8-9H2,1H3. The predicted octanol–water partition coefficient (Wildman–Crippen LogP) is 1.71. The summed E-state index contributed by atoms with van der Waals surface area (Å²) in [6.07, 6.45) is -2.93. The van der Waals surface area contributed by atoms with Crippen LogP contribution in [0.15, 0.2) is 24.3 Å². The van der Waals surface area contributed by atoms with E-state index in [0.29, 0.717) is 31.6 Å². The maximum atomic E-state index is 12.2. The molecule has 1 heterocycles. The minimum absolute atomic E-state index is 0.162. The minimum Gasteiger partial charge on any atom is -0.406 e. The second-order valence-corrected chi connectivity index (χ2v) is 7.09. The van der Waals surface area contributed by atoms with E-state index in [1.807, 2.05) is 4.90 Å². The molecule has 1 aliphatic rings. The number of sulfonamides is 1. The van der Waals surface area contributed by atoms with Gasteiger partial charge in [-0.15, -0.1) is 13.2 Å². The number of benzene rings is 1. The van der Waals surface area contributed by atoms with Gasteiger partial charge in [-0.3, -0.25) is 4.90 Å². The van der Waals surface area contributed by atoms with Crippen LogP contribution < -0.4 is 9.46 Å². The van der Waals surface area contributed by atoms with Gasteiger partial charge >= 0.3 is 6.36 Å². The SMILES string of the molecule is CS(=O)(=O)NC1CCN(Cc2cccc(OC(F)(F)F)c2)C1. The second-order valence-electron chi connectivity index (χ2n) is 5.31. The van der Waals surface area contributed by atoms with E-state index >= 15 is 0 Å². The van der Waals surface area contributed by atoms with Crippen molar-refractivity contribution in [2.75, 3.05) is 19.3 Å². The molecule has 0 saturated carbocycles. The van der Waals surface area contributed by atoms with Crippen molar-refractivity contribution in [2.45, 2.75) is 25.4 Å². The van der Waals surface area contributed by atoms with Gasteiger partial charge in [0, 0.05) is 25.7 Å². The molecule has 1 fully saturated rings. The van der Waals surface area contributed by atoms with Crippen molar-refractivity contribution in [1.29, 1.82) is 0 Å². The lowest BCUT2D eigenvalue weighted by Crippen LogP contribution is -2.36. The van der Waals surface area contributed by atoms with Crippen molar-refractivity contribution in [3.63, 3.8) is 0 Å². The number of alkyl halides is 3. The summed E-state index contributed by atoms with van der Waals surface area (Å²) in [5.74, 6) is -0.255. The van der Waals surface area contributed by atoms with Crippen LogP contribution in [0.1, 0.15) is 12.0 Å². The summed E-state index contributed by atoms with van der Waals surface area (Å²) in [5, 5.41) is 0. The number of hydrogen-bond donors (Lipinski definition) is 1. The zero-order chi connectivity index (χ0) is 16.4. The van der Waals surface area contributed by atoms with Gasteiger partial charge in [0.05, 0.1) is 6.26 Å². The highest BCUT2D eigenvalue weighted by Crippen LogP contribution is 2.24. The summed E-state index contributed by atoms with van der Waals surface area (Å²) < 4.78 is 65.3. The summed E-state index contributed by atoms with van der Waals surface area (Å²) in [6.45, 7) is 1.64. The second kappa shape index (κ2) is 6.43. The molecule has 124 valence electrons. The van der Waals surface area contributed by atoms with Gasteiger partial charge in [-0.05, 0) is 24.1 Å². The Labute approximate surface area is 127 Å². The fourth-order valence-corrected chi connectivity index (χ4v) is 3.27. The number of halogens is 3. The largest absolute Gasteiger partial charge is 0.573 e. The minimum atomic E-state index is -4.71. The maximum absolute atomic E-state index is 12.2. The molecule has 2 rings (SSSR count). The molecule has 1 saturated heterocycles. The van der Waals surface area contributed by atoms with E-state index in [1.54, 1.807) is 6.07 Å². The average molecular weight is 338 g/mol. The number of rotatable bonds is 5. The first-order valence-corrected chi connectivity index (χ1v) is 8.54. The van der Waals surface area contributed by atoms with Gasteiger partial charge in [0.15, 0.2) is 0 Å². The fourth-order valence-electron chi connectivity index (χ4n) is 2.47. The molecule has 0 bridgehead atoms. The van der Waals surface area contributed by atoms with Crippen molar-refractivity contribution in [3.8, 4) is 5.75 Å². The Bertz CT molecular complexity index is 619. The molecule has 1 aromatic carbocycles. The van der Waals surface area contributed by atoms with Crippen molar-refractivity contribution < 1.29 is 26.3 Å². The molecule has 1 aromatic rings. The molecule has 0 amide bonds. The third kappa shape index (κ3) is 5.82. The lowest BCUT2D eigenvalue weighted by Gasteiger charge is -2.17. The van der Waals surface area contributed by atoms with Crippen LogP contribution in [-0.2, 0) is 16.6 Å². The molecule has 1 N–H and O–H groups in total. The van der Waals surface area contributed by atoms with Gasteiger partial charge in [0.25, 0.3) is 0 Å². The number of ether oxygens (including phenoxy) is 1. The van der Waals surface area contributed by atoms with Crippen LogP contribution in [0, 0.1) is 0 Å². The molecule has 5 nitrogen and oxygen atoms in total. The third-order valence-electron chi connectivity index (χ3n) is 3.19. The number of nitrogens with one attached hydrogen (secondary N) is 1. The highest BCUT2D eigenvalue weighted by molar-refractivity contribution is 7.88. The average Bonchev–Trinajstić information content (AvgIpc) is 2.72. The summed E-state index contributed by atoms with van der Waals surface area (Å²) in [6, 6.07) is 5.63. The Morgan fingerprint density at radius 1 is 1.41 bits per heavy atom. The van der Waals surface area contributed by atoms with Crippen LogP contribution in [0.4, 0.5) is 13.2 Å². The van der Waals surface area contributed by atoms with Gasteiger partial charge < -0.3 is 4.74 Å². The lowest BCUT2D eigenvalue weighted by atomic mass is 10.2. The fraction of sp³-hybridized carbons (Fsp3) is 0.538. The Balaban J connectivity index is 1.93. The Hall–Kier alpha value is -1.32. The molecule has 0 radical (unpaired) electrons. The van der Waals surface area contributed by atoms with Gasteiger partial charge in [0.2, 0.25) is 10.0 Å². The first-order chi connectivity index (χ1) is 10.1. The van der Waals surface area contributed by atoms with Crippen LogP contribution >= 0.6 is 0 Å². The lowest BCUT2D eigenvalue weighted by molar-refractivity contribution is -0.274. The van der Waals surface area contributed by atoms with E-state index < -0.39 is 16.4 Å². The van der Waals surface area contributed by atoms with Gasteiger partial charge in [-0.1, -0.05) is 12.1 Å². The Kier molecular flexibility index (Phi) is 4.98. The van der Waals surface area contributed by atoms with Crippen LogP contribution in [0.25, 0.3) is 0 Å². The van der Waals surface area contributed by atoms with E-state index in [-0.39, 0.29) is 11.8 Å². The highest BCUT2D eigenvalue weighted by Gasteiger charge is 2.31. The van der Waals surface area contributed by atoms with Crippen LogP contribution in [0.3, 0.4) is 0 Å². The number of nitrogens with zero attached hydrogens (tertiary/aromatic N) is 1. The molecule has 0 aliphatic carbocycles. The van der Waals surface area contributed by atoms with E-state index in [9.17, 15) is 21.6 Å². The van der Waals surface area contributed by atoms with E-state index in [1.165, 1.54) is 18.2 Å². The quantitative estimate of drug-likeness (QED) is 0.888. The molecule has 1 aliphatic heterocycles. The van der Waals surface area contributed by atoms with Gasteiger partial charge in [-0.2, -0.15) is 0 Å². The third-order valence-corrected chi connectivity index (χ3v) is 3.95. The van der Waals surface area contributed by atoms with Crippen molar-refractivity contribution in [3.05, 3.63) is 29.8 Å². The Morgan fingerprint density at radius 2 is 2.14 bits per heavy atom. The van der Waals surface area contributed by atoms with Crippen molar-refractivity contribution in [2.24, 2.45) is 0 Å². The number of hydrogen-bond acceptors (Lipinski definition) is 4. The topological polar surface area (TPSA) is 58.6 Å². The molecule has 1 unspecified atom stereocenters. The predicted molar refractivity (Wildman–Crippen MR) is 74.8 cm³/mol. The number of likely N-dealkylation sites (tertiary alicyclic amines) is 1. The first kappa shape index (κ1) is 17.0. The summed E-state index contributed by atoms with van der Waals surface area (Å²) in [7, 11) is -3.25.